The van der Waals surface area contributed by atoms with Gasteiger partial charge in [0.15, 0.2) is 5.78 Å². The molecule has 2 aromatic carbocycles. The lowest BCUT2D eigenvalue weighted by molar-refractivity contribution is 0.104. The average molecular weight is 333 g/mol. The van der Waals surface area contributed by atoms with Crippen molar-refractivity contribution in [2.45, 2.75) is 12.8 Å². The molecule has 4 rings (SSSR count). The number of carbonyl (C=O) groups is 1. The molecule has 1 aromatic heterocycles. The maximum absolute atomic E-state index is 12.8. The lowest BCUT2D eigenvalue weighted by Crippen LogP contribution is -2.02. The van der Waals surface area contributed by atoms with E-state index >= 15 is 0 Å². The molecule has 0 unspecified atom stereocenters. The van der Waals surface area contributed by atoms with Crippen LogP contribution in [-0.4, -0.2) is 5.78 Å². The summed E-state index contributed by atoms with van der Waals surface area (Å²) in [4.78, 5) is 12.8. The molecule has 1 heterocycles. The maximum atomic E-state index is 12.8. The summed E-state index contributed by atoms with van der Waals surface area (Å²) in [6, 6.07) is 11.8. The van der Waals surface area contributed by atoms with Crippen LogP contribution in [0.2, 0.25) is 8.67 Å². The molecule has 1 aliphatic rings. The van der Waals surface area contributed by atoms with Gasteiger partial charge in [0, 0.05) is 5.56 Å². The molecule has 0 fully saturated rings. The fourth-order valence-electron chi connectivity index (χ4n) is 3.08. The second-order valence-electron chi connectivity index (χ2n) is 5.18. The predicted molar refractivity (Wildman–Crippen MR) is 89.1 cm³/mol. The van der Waals surface area contributed by atoms with Gasteiger partial charge in [-0.3, -0.25) is 4.79 Å². The predicted octanol–water partition coefficient (Wildman–Crippen LogP) is 5.54. The molecule has 0 N–H and O–H groups in total. The first-order valence-corrected chi connectivity index (χ1v) is 8.25. The summed E-state index contributed by atoms with van der Waals surface area (Å²) in [5.41, 5.74) is 3.84. The first-order valence-electron chi connectivity index (χ1n) is 6.68. The van der Waals surface area contributed by atoms with Crippen molar-refractivity contribution in [2.24, 2.45) is 0 Å². The van der Waals surface area contributed by atoms with E-state index in [0.717, 1.165) is 18.2 Å². The lowest BCUT2D eigenvalue weighted by Gasteiger charge is -2.07. The van der Waals surface area contributed by atoms with E-state index in [1.165, 1.54) is 27.8 Å². The van der Waals surface area contributed by atoms with Gasteiger partial charge in [0.2, 0.25) is 0 Å². The topological polar surface area (TPSA) is 17.1 Å². The standard InChI is InChI=1S/C17H10Cl2OS/c18-14-8-13(17(19)21-14)16(20)12-7-6-10-5-4-9-2-1-3-11(12)15(9)10/h1-3,6-8H,4-5H2. The fourth-order valence-corrected chi connectivity index (χ4v) is 4.54. The van der Waals surface area contributed by atoms with Crippen LogP contribution in [0.15, 0.2) is 36.4 Å². The lowest BCUT2D eigenvalue weighted by atomic mass is 9.95. The smallest absolute Gasteiger partial charge is 0.196 e. The van der Waals surface area contributed by atoms with Gasteiger partial charge in [-0.2, -0.15) is 0 Å². The molecular formula is C17H10Cl2OS. The maximum Gasteiger partial charge on any atom is 0.196 e. The second kappa shape index (κ2) is 4.84. The highest BCUT2D eigenvalue weighted by Crippen LogP contribution is 2.36. The molecule has 0 amide bonds. The molecule has 4 heteroatoms. The van der Waals surface area contributed by atoms with Gasteiger partial charge in [0.1, 0.15) is 4.34 Å². The van der Waals surface area contributed by atoms with E-state index in [1.807, 2.05) is 18.2 Å². The Bertz CT molecular complexity index is 885. The minimum Gasteiger partial charge on any atom is -0.288 e. The van der Waals surface area contributed by atoms with Crippen LogP contribution in [0.4, 0.5) is 0 Å². The Morgan fingerprint density at radius 3 is 2.48 bits per heavy atom. The number of rotatable bonds is 2. The minimum atomic E-state index is -0.0567. The largest absolute Gasteiger partial charge is 0.288 e. The third-order valence-corrected chi connectivity index (χ3v) is 5.51. The molecule has 0 bridgehead atoms. The third-order valence-electron chi connectivity index (χ3n) is 4.02. The normalized spacial score (nSPS) is 13.0. The molecule has 0 spiro atoms. The molecule has 1 nitrogen and oxygen atoms in total. The zero-order valence-corrected chi connectivity index (χ0v) is 13.3. The highest BCUT2D eigenvalue weighted by Gasteiger charge is 2.21. The number of ketones is 1. The molecular weight excluding hydrogens is 323 g/mol. The van der Waals surface area contributed by atoms with E-state index in [9.17, 15) is 4.79 Å². The Balaban J connectivity index is 1.96. The van der Waals surface area contributed by atoms with Crippen LogP contribution in [0.1, 0.15) is 27.0 Å². The number of aryl methyl sites for hydroxylation is 2. The molecule has 21 heavy (non-hydrogen) atoms. The zero-order chi connectivity index (χ0) is 14.6. The van der Waals surface area contributed by atoms with Gasteiger partial charge < -0.3 is 0 Å². The fraction of sp³-hybridized carbons (Fsp3) is 0.118. The summed E-state index contributed by atoms with van der Waals surface area (Å²) >= 11 is 13.3. The number of hydrogen-bond donors (Lipinski definition) is 0. The molecule has 0 atom stereocenters. The van der Waals surface area contributed by atoms with Crippen LogP contribution in [0, 0.1) is 0 Å². The van der Waals surface area contributed by atoms with E-state index in [-0.39, 0.29) is 5.78 Å². The van der Waals surface area contributed by atoms with Crippen LogP contribution in [0.25, 0.3) is 10.8 Å². The highest BCUT2D eigenvalue weighted by molar-refractivity contribution is 7.20. The SMILES string of the molecule is O=C(c1cc(Cl)sc1Cl)c1ccc2c3c(cccc13)CC2. The molecule has 0 saturated carbocycles. The summed E-state index contributed by atoms with van der Waals surface area (Å²) in [6.45, 7) is 0. The summed E-state index contributed by atoms with van der Waals surface area (Å²) in [6.07, 6.45) is 2.10. The highest BCUT2D eigenvalue weighted by atomic mass is 35.5. The van der Waals surface area contributed by atoms with Gasteiger partial charge in [-0.05, 0) is 40.8 Å². The van der Waals surface area contributed by atoms with Crippen molar-refractivity contribution < 1.29 is 4.79 Å². The summed E-state index contributed by atoms with van der Waals surface area (Å²) in [5, 5.41) is 2.26. The number of benzene rings is 2. The van der Waals surface area contributed by atoms with E-state index in [1.54, 1.807) is 6.07 Å². The Labute approximate surface area is 136 Å². The first-order chi connectivity index (χ1) is 10.1. The van der Waals surface area contributed by atoms with Crippen molar-refractivity contribution in [3.8, 4) is 0 Å². The Kier molecular flexibility index (Phi) is 3.07. The quantitative estimate of drug-likeness (QED) is 0.563. The van der Waals surface area contributed by atoms with Crippen molar-refractivity contribution in [2.75, 3.05) is 0 Å². The molecule has 1 aliphatic carbocycles. The van der Waals surface area contributed by atoms with E-state index in [4.69, 9.17) is 23.2 Å². The van der Waals surface area contributed by atoms with Crippen molar-refractivity contribution in [1.29, 1.82) is 0 Å². The van der Waals surface area contributed by atoms with E-state index in [0.29, 0.717) is 19.8 Å². The molecule has 3 aromatic rings. The molecule has 0 aliphatic heterocycles. The molecule has 0 radical (unpaired) electrons. The van der Waals surface area contributed by atoms with Crippen LogP contribution in [-0.2, 0) is 12.8 Å². The number of thiophene rings is 1. The average Bonchev–Trinajstić information content (AvgIpc) is 3.04. The second-order valence-corrected chi connectivity index (χ2v) is 7.46. The van der Waals surface area contributed by atoms with Gasteiger partial charge in [0.05, 0.1) is 9.90 Å². The molecule has 104 valence electrons. The van der Waals surface area contributed by atoms with Gasteiger partial charge in [-0.1, -0.05) is 53.5 Å². The van der Waals surface area contributed by atoms with Crippen LogP contribution < -0.4 is 0 Å². The summed E-state index contributed by atoms with van der Waals surface area (Å²) < 4.78 is 0.988. The van der Waals surface area contributed by atoms with E-state index in [2.05, 4.69) is 12.1 Å². The van der Waals surface area contributed by atoms with Gasteiger partial charge >= 0.3 is 0 Å². The first kappa shape index (κ1) is 13.3. The van der Waals surface area contributed by atoms with Crippen molar-refractivity contribution >= 4 is 51.1 Å². The summed E-state index contributed by atoms with van der Waals surface area (Å²) in [5.74, 6) is -0.0567. The molecule has 0 saturated heterocycles. The number of carbonyl (C=O) groups excluding carboxylic acids is 1. The zero-order valence-electron chi connectivity index (χ0n) is 11.0. The van der Waals surface area contributed by atoms with Gasteiger partial charge in [-0.15, -0.1) is 11.3 Å². The Morgan fingerprint density at radius 2 is 1.76 bits per heavy atom. The van der Waals surface area contributed by atoms with E-state index < -0.39 is 0 Å². The Morgan fingerprint density at radius 1 is 1.00 bits per heavy atom. The Hall–Kier alpha value is -1.35. The number of hydrogen-bond acceptors (Lipinski definition) is 2. The summed E-state index contributed by atoms with van der Waals surface area (Å²) in [7, 11) is 0. The monoisotopic (exact) mass is 332 g/mol. The van der Waals surface area contributed by atoms with Crippen molar-refractivity contribution in [1.82, 2.24) is 0 Å². The van der Waals surface area contributed by atoms with Gasteiger partial charge in [-0.25, -0.2) is 0 Å². The third kappa shape index (κ3) is 2.02. The van der Waals surface area contributed by atoms with Crippen LogP contribution in [0.3, 0.4) is 0 Å². The minimum absolute atomic E-state index is 0.0567. The van der Waals surface area contributed by atoms with Crippen molar-refractivity contribution in [3.63, 3.8) is 0 Å². The van der Waals surface area contributed by atoms with Crippen LogP contribution in [0.5, 0.6) is 0 Å². The van der Waals surface area contributed by atoms with Gasteiger partial charge in [0.25, 0.3) is 0 Å². The number of halogens is 2. The van der Waals surface area contributed by atoms with Crippen LogP contribution >= 0.6 is 34.5 Å². The van der Waals surface area contributed by atoms with Crippen molar-refractivity contribution in [3.05, 3.63) is 67.3 Å².